The molecular formula is C14H15NO3. The first kappa shape index (κ1) is 13.8. The van der Waals surface area contributed by atoms with Gasteiger partial charge in [-0.15, -0.1) is 5.92 Å². The van der Waals surface area contributed by atoms with Crippen molar-refractivity contribution in [2.45, 2.75) is 20.8 Å². The second-order valence-corrected chi connectivity index (χ2v) is 3.86. The molecule has 0 heterocycles. The summed E-state index contributed by atoms with van der Waals surface area (Å²) in [7, 11) is 0. The Morgan fingerprint density at radius 1 is 1.22 bits per heavy atom. The van der Waals surface area contributed by atoms with Gasteiger partial charge < -0.3 is 10.4 Å². The Kier molecular flexibility index (Phi) is 4.50. The lowest BCUT2D eigenvalue weighted by molar-refractivity contribution is 0.0690. The van der Waals surface area contributed by atoms with Crippen LogP contribution >= 0.6 is 0 Å². The van der Waals surface area contributed by atoms with Gasteiger partial charge in [-0.05, 0) is 31.9 Å². The number of carboxylic acid groups (broad SMARTS) is 1. The molecule has 0 saturated carbocycles. The highest BCUT2D eigenvalue weighted by molar-refractivity contribution is 6.06. The standard InChI is InChI=1S/C14H15NO3/c1-4-5-8-15-13(16)11-9(2)6-7-10(3)12(11)14(17)18/h6-7H,8H2,1-3H3,(H,15,16)(H,17,18). The Balaban J connectivity index is 3.20. The van der Waals surface area contributed by atoms with Crippen LogP contribution in [0.4, 0.5) is 0 Å². The van der Waals surface area contributed by atoms with Crippen LogP contribution in [0.25, 0.3) is 0 Å². The number of rotatable bonds is 3. The van der Waals surface area contributed by atoms with Gasteiger partial charge in [0.25, 0.3) is 5.91 Å². The number of aryl methyl sites for hydroxylation is 2. The second kappa shape index (κ2) is 5.87. The van der Waals surface area contributed by atoms with Crippen molar-refractivity contribution in [1.82, 2.24) is 5.32 Å². The smallest absolute Gasteiger partial charge is 0.336 e. The summed E-state index contributed by atoms with van der Waals surface area (Å²) < 4.78 is 0. The fraction of sp³-hybridized carbons (Fsp3) is 0.286. The first-order valence-corrected chi connectivity index (χ1v) is 5.50. The summed E-state index contributed by atoms with van der Waals surface area (Å²) in [4.78, 5) is 23.2. The summed E-state index contributed by atoms with van der Waals surface area (Å²) in [6, 6.07) is 3.43. The van der Waals surface area contributed by atoms with Crippen LogP contribution in [0.15, 0.2) is 12.1 Å². The Morgan fingerprint density at radius 3 is 2.28 bits per heavy atom. The van der Waals surface area contributed by atoms with Crippen LogP contribution in [0.2, 0.25) is 0 Å². The molecule has 1 aromatic carbocycles. The quantitative estimate of drug-likeness (QED) is 0.797. The highest BCUT2D eigenvalue weighted by atomic mass is 16.4. The molecule has 0 aliphatic heterocycles. The van der Waals surface area contributed by atoms with Crippen LogP contribution in [-0.4, -0.2) is 23.5 Å². The monoisotopic (exact) mass is 245 g/mol. The zero-order chi connectivity index (χ0) is 13.7. The van der Waals surface area contributed by atoms with E-state index in [1.165, 1.54) is 0 Å². The van der Waals surface area contributed by atoms with E-state index in [0.29, 0.717) is 11.1 Å². The van der Waals surface area contributed by atoms with Crippen LogP contribution in [0.5, 0.6) is 0 Å². The molecule has 4 heteroatoms. The molecule has 0 aromatic heterocycles. The lowest BCUT2D eigenvalue weighted by Crippen LogP contribution is -2.27. The van der Waals surface area contributed by atoms with Gasteiger partial charge in [0.05, 0.1) is 17.7 Å². The molecule has 0 bridgehead atoms. The lowest BCUT2D eigenvalue weighted by atomic mass is 9.96. The molecule has 4 nitrogen and oxygen atoms in total. The maximum absolute atomic E-state index is 12.0. The van der Waals surface area contributed by atoms with Gasteiger partial charge in [-0.2, -0.15) is 0 Å². The highest BCUT2D eigenvalue weighted by Gasteiger charge is 2.20. The van der Waals surface area contributed by atoms with Crippen molar-refractivity contribution in [3.05, 3.63) is 34.4 Å². The number of benzene rings is 1. The number of nitrogens with one attached hydrogen (secondary N) is 1. The predicted octanol–water partition coefficient (Wildman–Crippen LogP) is 1.75. The van der Waals surface area contributed by atoms with E-state index in [1.54, 1.807) is 32.9 Å². The van der Waals surface area contributed by atoms with Crippen molar-refractivity contribution < 1.29 is 14.7 Å². The van der Waals surface area contributed by atoms with E-state index in [9.17, 15) is 14.7 Å². The SMILES string of the molecule is CC#CCNC(=O)c1c(C)ccc(C)c1C(=O)O. The third kappa shape index (κ3) is 2.89. The van der Waals surface area contributed by atoms with Crippen molar-refractivity contribution in [2.24, 2.45) is 0 Å². The van der Waals surface area contributed by atoms with Gasteiger partial charge in [0.1, 0.15) is 0 Å². The molecule has 2 N–H and O–H groups in total. The Labute approximate surface area is 106 Å². The van der Waals surface area contributed by atoms with Gasteiger partial charge in [0, 0.05) is 0 Å². The molecule has 0 aliphatic rings. The molecule has 1 aromatic rings. The van der Waals surface area contributed by atoms with Gasteiger partial charge in [-0.25, -0.2) is 4.79 Å². The molecule has 0 radical (unpaired) electrons. The highest BCUT2D eigenvalue weighted by Crippen LogP contribution is 2.18. The van der Waals surface area contributed by atoms with Crippen molar-refractivity contribution in [1.29, 1.82) is 0 Å². The van der Waals surface area contributed by atoms with E-state index in [0.717, 1.165) is 0 Å². The topological polar surface area (TPSA) is 66.4 Å². The molecule has 0 atom stereocenters. The van der Waals surface area contributed by atoms with Crippen LogP contribution in [0.3, 0.4) is 0 Å². The van der Waals surface area contributed by atoms with E-state index in [1.807, 2.05) is 0 Å². The molecule has 0 saturated heterocycles. The average molecular weight is 245 g/mol. The summed E-state index contributed by atoms with van der Waals surface area (Å²) in [6.45, 7) is 5.27. The van der Waals surface area contributed by atoms with Crippen LogP contribution in [-0.2, 0) is 0 Å². The zero-order valence-electron chi connectivity index (χ0n) is 10.6. The fourth-order valence-electron chi connectivity index (χ4n) is 1.68. The Hall–Kier alpha value is -2.28. The Bertz CT molecular complexity index is 550. The predicted molar refractivity (Wildman–Crippen MR) is 68.7 cm³/mol. The van der Waals surface area contributed by atoms with E-state index in [-0.39, 0.29) is 17.7 Å². The molecule has 1 rings (SSSR count). The number of carboxylic acids is 1. The van der Waals surface area contributed by atoms with Gasteiger partial charge in [-0.1, -0.05) is 18.1 Å². The number of carbonyl (C=O) groups excluding carboxylic acids is 1. The first-order chi connectivity index (χ1) is 8.49. The number of hydrogen-bond donors (Lipinski definition) is 2. The number of hydrogen-bond acceptors (Lipinski definition) is 2. The molecule has 1 amide bonds. The van der Waals surface area contributed by atoms with Crippen molar-refractivity contribution in [3.63, 3.8) is 0 Å². The third-order valence-corrected chi connectivity index (χ3v) is 2.58. The normalized spacial score (nSPS) is 9.28. The molecule has 0 spiro atoms. The minimum Gasteiger partial charge on any atom is -0.478 e. The average Bonchev–Trinajstić information content (AvgIpc) is 2.31. The van der Waals surface area contributed by atoms with Gasteiger partial charge in [0.2, 0.25) is 0 Å². The molecular weight excluding hydrogens is 230 g/mol. The Morgan fingerprint density at radius 2 is 1.78 bits per heavy atom. The van der Waals surface area contributed by atoms with Gasteiger partial charge >= 0.3 is 5.97 Å². The summed E-state index contributed by atoms with van der Waals surface area (Å²) >= 11 is 0. The van der Waals surface area contributed by atoms with Gasteiger partial charge in [0.15, 0.2) is 0 Å². The van der Waals surface area contributed by atoms with E-state index < -0.39 is 11.9 Å². The molecule has 18 heavy (non-hydrogen) atoms. The third-order valence-electron chi connectivity index (χ3n) is 2.58. The van der Waals surface area contributed by atoms with E-state index in [4.69, 9.17) is 0 Å². The van der Waals surface area contributed by atoms with Crippen molar-refractivity contribution >= 4 is 11.9 Å². The minimum absolute atomic E-state index is 0.0527. The van der Waals surface area contributed by atoms with E-state index >= 15 is 0 Å². The summed E-state index contributed by atoms with van der Waals surface area (Å²) in [6.07, 6.45) is 0. The number of carbonyl (C=O) groups is 2. The molecule has 94 valence electrons. The number of amides is 1. The fourth-order valence-corrected chi connectivity index (χ4v) is 1.68. The minimum atomic E-state index is -1.09. The maximum Gasteiger partial charge on any atom is 0.336 e. The van der Waals surface area contributed by atoms with Crippen molar-refractivity contribution in [2.75, 3.05) is 6.54 Å². The summed E-state index contributed by atoms with van der Waals surface area (Å²) in [5.41, 5.74) is 1.47. The summed E-state index contributed by atoms with van der Waals surface area (Å²) in [5, 5.41) is 11.8. The van der Waals surface area contributed by atoms with Crippen LogP contribution in [0, 0.1) is 25.7 Å². The second-order valence-electron chi connectivity index (χ2n) is 3.86. The van der Waals surface area contributed by atoms with Crippen LogP contribution < -0.4 is 5.32 Å². The largest absolute Gasteiger partial charge is 0.478 e. The van der Waals surface area contributed by atoms with Gasteiger partial charge in [-0.3, -0.25) is 4.79 Å². The lowest BCUT2D eigenvalue weighted by Gasteiger charge is -2.11. The maximum atomic E-state index is 12.0. The molecule has 0 aliphatic carbocycles. The number of aromatic carboxylic acids is 1. The zero-order valence-corrected chi connectivity index (χ0v) is 10.6. The van der Waals surface area contributed by atoms with Crippen LogP contribution in [0.1, 0.15) is 38.8 Å². The first-order valence-electron chi connectivity index (χ1n) is 5.50. The molecule has 0 unspecified atom stereocenters. The van der Waals surface area contributed by atoms with E-state index in [2.05, 4.69) is 17.2 Å². The molecule has 0 fully saturated rings. The summed E-state index contributed by atoms with van der Waals surface area (Å²) in [5.74, 6) is 3.86. The van der Waals surface area contributed by atoms with Crippen molar-refractivity contribution in [3.8, 4) is 11.8 Å².